The van der Waals surface area contributed by atoms with Crippen LogP contribution >= 0.6 is 0 Å². The smallest absolute Gasteiger partial charge is 0.416 e. The Morgan fingerprint density at radius 2 is 1.67 bits per heavy atom. The van der Waals surface area contributed by atoms with Crippen LogP contribution in [0.2, 0.25) is 0 Å². The van der Waals surface area contributed by atoms with Crippen LogP contribution in [0.3, 0.4) is 0 Å². The second-order valence-corrected chi connectivity index (χ2v) is 5.38. The fraction of sp³-hybridized carbons (Fsp3) is 0.278. The molecule has 3 nitrogen and oxygen atoms in total. The molecule has 6 heteroatoms. The normalized spacial score (nSPS) is 14.0. The van der Waals surface area contributed by atoms with Gasteiger partial charge in [0, 0.05) is 6.04 Å². The van der Waals surface area contributed by atoms with Gasteiger partial charge in [-0.05, 0) is 30.2 Å². The molecular weight excluding hydrogens is 319 g/mol. The lowest BCUT2D eigenvalue weighted by atomic mass is 10.0. The molecule has 0 heterocycles. The molecule has 0 spiro atoms. The molecule has 0 aliphatic rings. The van der Waals surface area contributed by atoms with Gasteiger partial charge >= 0.3 is 12.1 Å². The van der Waals surface area contributed by atoms with E-state index in [4.69, 9.17) is 4.74 Å². The van der Waals surface area contributed by atoms with Gasteiger partial charge in [0.15, 0.2) is 0 Å². The summed E-state index contributed by atoms with van der Waals surface area (Å²) in [6, 6.07) is 12.7. The highest BCUT2D eigenvalue weighted by molar-refractivity contribution is 5.77. The molecule has 0 bridgehead atoms. The lowest BCUT2D eigenvalue weighted by Crippen LogP contribution is -2.31. The number of halogens is 3. The lowest BCUT2D eigenvalue weighted by molar-refractivity contribution is -0.143. The van der Waals surface area contributed by atoms with E-state index in [0.29, 0.717) is 11.1 Å². The minimum absolute atomic E-state index is 0.439. The van der Waals surface area contributed by atoms with Gasteiger partial charge in [0.05, 0.1) is 12.7 Å². The first-order chi connectivity index (χ1) is 11.3. The molecule has 24 heavy (non-hydrogen) atoms. The van der Waals surface area contributed by atoms with Crippen LogP contribution in [-0.2, 0) is 15.7 Å². The molecule has 2 aromatic rings. The molecule has 0 aromatic heterocycles. The van der Waals surface area contributed by atoms with Crippen molar-refractivity contribution >= 4 is 5.97 Å². The molecule has 0 amide bonds. The van der Waals surface area contributed by atoms with Gasteiger partial charge in [0.25, 0.3) is 0 Å². The first-order valence-electron chi connectivity index (χ1n) is 7.39. The predicted octanol–water partition coefficient (Wildman–Crippen LogP) is 4.27. The summed E-state index contributed by atoms with van der Waals surface area (Å²) in [4.78, 5) is 12.0. The first kappa shape index (κ1) is 18.0. The second-order valence-electron chi connectivity index (χ2n) is 5.38. The Bertz CT molecular complexity index is 686. The van der Waals surface area contributed by atoms with E-state index in [1.807, 2.05) is 6.07 Å². The van der Waals surface area contributed by atoms with E-state index in [1.165, 1.54) is 13.2 Å². The van der Waals surface area contributed by atoms with Gasteiger partial charge in [-0.3, -0.25) is 5.32 Å². The molecule has 0 aliphatic carbocycles. The summed E-state index contributed by atoms with van der Waals surface area (Å²) in [5.74, 6) is -0.500. The lowest BCUT2D eigenvalue weighted by Gasteiger charge is -2.22. The summed E-state index contributed by atoms with van der Waals surface area (Å²) < 4.78 is 43.3. The number of hydrogen-bond donors (Lipinski definition) is 1. The summed E-state index contributed by atoms with van der Waals surface area (Å²) in [6.45, 7) is 1.70. The maximum absolute atomic E-state index is 12.8. The van der Waals surface area contributed by atoms with Crippen molar-refractivity contribution in [1.29, 1.82) is 0 Å². The van der Waals surface area contributed by atoms with Crippen LogP contribution in [0.25, 0.3) is 0 Å². The zero-order valence-electron chi connectivity index (χ0n) is 13.3. The molecule has 0 aliphatic heterocycles. The Labute approximate surface area is 138 Å². The molecule has 0 unspecified atom stereocenters. The van der Waals surface area contributed by atoms with Crippen molar-refractivity contribution in [3.8, 4) is 0 Å². The van der Waals surface area contributed by atoms with Crippen molar-refractivity contribution in [3.63, 3.8) is 0 Å². The Balaban J connectivity index is 2.25. The topological polar surface area (TPSA) is 38.3 Å². The monoisotopic (exact) mass is 337 g/mol. The Morgan fingerprint density at radius 3 is 2.25 bits per heavy atom. The van der Waals surface area contributed by atoms with E-state index in [1.54, 1.807) is 37.3 Å². The van der Waals surface area contributed by atoms with Crippen LogP contribution in [0.5, 0.6) is 0 Å². The summed E-state index contributed by atoms with van der Waals surface area (Å²) in [5.41, 5.74) is 0.404. The summed E-state index contributed by atoms with van der Waals surface area (Å²) in [6.07, 6.45) is -4.41. The summed E-state index contributed by atoms with van der Waals surface area (Å²) >= 11 is 0. The van der Waals surface area contributed by atoms with Crippen LogP contribution in [0.4, 0.5) is 13.2 Å². The van der Waals surface area contributed by atoms with Crippen molar-refractivity contribution in [3.05, 3.63) is 71.3 Å². The van der Waals surface area contributed by atoms with Crippen molar-refractivity contribution < 1.29 is 22.7 Å². The molecule has 0 saturated carbocycles. The van der Waals surface area contributed by atoms with E-state index in [9.17, 15) is 18.0 Å². The maximum Gasteiger partial charge on any atom is 0.416 e. The number of ether oxygens (including phenoxy) is 1. The van der Waals surface area contributed by atoms with Crippen LogP contribution < -0.4 is 5.32 Å². The van der Waals surface area contributed by atoms with Crippen LogP contribution in [0.1, 0.15) is 35.7 Å². The van der Waals surface area contributed by atoms with Crippen molar-refractivity contribution in [2.45, 2.75) is 25.2 Å². The Hall–Kier alpha value is -2.34. The van der Waals surface area contributed by atoms with Crippen LogP contribution in [0, 0.1) is 0 Å². The first-order valence-corrected chi connectivity index (χ1v) is 7.39. The largest absolute Gasteiger partial charge is 0.468 e. The average Bonchev–Trinajstić information content (AvgIpc) is 2.59. The van der Waals surface area contributed by atoms with Gasteiger partial charge in [-0.25, -0.2) is 4.79 Å². The van der Waals surface area contributed by atoms with Gasteiger partial charge in [0.2, 0.25) is 0 Å². The molecule has 2 rings (SSSR count). The van der Waals surface area contributed by atoms with E-state index in [2.05, 4.69) is 5.32 Å². The third kappa shape index (κ3) is 4.35. The number of alkyl halides is 3. The highest BCUT2D eigenvalue weighted by atomic mass is 19.4. The average molecular weight is 337 g/mol. The number of carbonyl (C=O) groups excluding carboxylic acids is 1. The zero-order valence-corrected chi connectivity index (χ0v) is 13.3. The minimum Gasteiger partial charge on any atom is -0.468 e. The van der Waals surface area contributed by atoms with Crippen molar-refractivity contribution in [2.24, 2.45) is 0 Å². The predicted molar refractivity (Wildman–Crippen MR) is 84.2 cm³/mol. The van der Waals surface area contributed by atoms with Gasteiger partial charge in [0.1, 0.15) is 6.04 Å². The van der Waals surface area contributed by atoms with E-state index in [0.717, 1.165) is 12.1 Å². The number of carbonyl (C=O) groups is 1. The number of esters is 1. The highest BCUT2D eigenvalue weighted by Crippen LogP contribution is 2.31. The summed E-state index contributed by atoms with van der Waals surface area (Å²) in [5, 5.41) is 3.04. The number of rotatable bonds is 5. The SMILES string of the molecule is COC(=O)[C@@H](N[C@H](C)c1cccc(C(F)(F)F)c1)c1ccccc1. The van der Waals surface area contributed by atoms with Gasteiger partial charge in [-0.1, -0.05) is 42.5 Å². The van der Waals surface area contributed by atoms with Crippen LogP contribution in [-0.4, -0.2) is 13.1 Å². The highest BCUT2D eigenvalue weighted by Gasteiger charge is 2.31. The van der Waals surface area contributed by atoms with E-state index < -0.39 is 29.8 Å². The maximum atomic E-state index is 12.8. The zero-order chi connectivity index (χ0) is 17.7. The summed E-state index contributed by atoms with van der Waals surface area (Å²) in [7, 11) is 1.27. The number of hydrogen-bond acceptors (Lipinski definition) is 3. The van der Waals surface area contributed by atoms with E-state index >= 15 is 0 Å². The molecule has 2 atom stereocenters. The van der Waals surface area contributed by atoms with Crippen molar-refractivity contribution in [1.82, 2.24) is 5.32 Å². The van der Waals surface area contributed by atoms with Gasteiger partial charge < -0.3 is 4.74 Å². The molecule has 2 aromatic carbocycles. The minimum atomic E-state index is -4.41. The number of benzene rings is 2. The molecular formula is C18H18F3NO2. The van der Waals surface area contributed by atoms with Crippen molar-refractivity contribution in [2.75, 3.05) is 7.11 Å². The molecule has 128 valence electrons. The third-order valence-electron chi connectivity index (χ3n) is 3.70. The molecule has 1 N–H and O–H groups in total. The van der Waals surface area contributed by atoms with Crippen LogP contribution in [0.15, 0.2) is 54.6 Å². The quantitative estimate of drug-likeness (QED) is 0.828. The number of nitrogens with one attached hydrogen (secondary N) is 1. The second kappa shape index (κ2) is 7.49. The third-order valence-corrected chi connectivity index (χ3v) is 3.70. The standard InChI is InChI=1S/C18H18F3NO2/c1-12(14-9-6-10-15(11-14)18(19,20)21)22-16(17(23)24-2)13-7-4-3-5-8-13/h3-12,16,22H,1-2H3/t12-,16+/m1/s1. The molecule has 0 saturated heterocycles. The fourth-order valence-electron chi connectivity index (χ4n) is 2.39. The Morgan fingerprint density at radius 1 is 1.04 bits per heavy atom. The van der Waals surface area contributed by atoms with Gasteiger partial charge in [-0.15, -0.1) is 0 Å². The molecule has 0 fully saturated rings. The number of methoxy groups -OCH3 is 1. The van der Waals surface area contributed by atoms with E-state index in [-0.39, 0.29) is 0 Å². The fourth-order valence-corrected chi connectivity index (χ4v) is 2.39. The van der Waals surface area contributed by atoms with Gasteiger partial charge in [-0.2, -0.15) is 13.2 Å². The molecule has 0 radical (unpaired) electrons. The Kier molecular flexibility index (Phi) is 5.62.